The average Bonchev–Trinajstić information content (AvgIpc) is 3.21. The van der Waals surface area contributed by atoms with E-state index in [0.717, 1.165) is 23.5 Å². The number of halogens is 3. The second-order valence-corrected chi connectivity index (χ2v) is 7.06. The quantitative estimate of drug-likeness (QED) is 0.401. The molecule has 162 valence electrons. The number of rotatable bonds is 4. The second-order valence-electron chi connectivity index (χ2n) is 7.06. The van der Waals surface area contributed by atoms with Gasteiger partial charge >= 0.3 is 6.18 Å². The minimum atomic E-state index is -4.79. The molecule has 1 heterocycles. The molecule has 0 spiro atoms. The Kier molecular flexibility index (Phi) is 5.79. The first kappa shape index (κ1) is 21.9. The summed E-state index contributed by atoms with van der Waals surface area (Å²) < 4.78 is 39.6. The normalized spacial score (nSPS) is 14.8. The molecule has 0 unspecified atom stereocenters. The van der Waals surface area contributed by atoms with Crippen molar-refractivity contribution in [3.05, 3.63) is 55.4 Å². The highest BCUT2D eigenvalue weighted by atomic mass is 19.4. The van der Waals surface area contributed by atoms with Crippen molar-refractivity contribution in [3.63, 3.8) is 0 Å². The van der Waals surface area contributed by atoms with Gasteiger partial charge in [0.15, 0.2) is 11.4 Å². The minimum absolute atomic E-state index is 0.0116. The number of azo groups is 1. The third-order valence-corrected chi connectivity index (χ3v) is 5.16. The van der Waals surface area contributed by atoms with E-state index in [9.17, 15) is 38.4 Å². The van der Waals surface area contributed by atoms with E-state index in [4.69, 9.17) is 0 Å². The number of benzene rings is 1. The summed E-state index contributed by atoms with van der Waals surface area (Å²) in [5.41, 5.74) is -3.90. The molecule has 2 aromatic rings. The summed E-state index contributed by atoms with van der Waals surface area (Å²) in [5.74, 6) is -0.489. The molecular weight excluding hydrogens is 419 g/mol. The zero-order chi connectivity index (χ0) is 22.9. The summed E-state index contributed by atoms with van der Waals surface area (Å²) in [6, 6.07) is 3.19. The minimum Gasteiger partial charge on any atom is -0.493 e. The van der Waals surface area contributed by atoms with Gasteiger partial charge < -0.3 is 5.11 Å². The number of nitriles is 1. The van der Waals surface area contributed by atoms with E-state index in [1.165, 1.54) is 6.92 Å². The molecule has 0 radical (unpaired) electrons. The molecule has 1 fully saturated rings. The number of pyridine rings is 1. The van der Waals surface area contributed by atoms with Crippen LogP contribution < -0.4 is 5.56 Å². The number of nitro benzene ring substituents is 1. The van der Waals surface area contributed by atoms with Gasteiger partial charge in [0.2, 0.25) is 5.88 Å². The summed E-state index contributed by atoms with van der Waals surface area (Å²) in [6.07, 6.45) is -1.89. The first-order valence-electron chi connectivity index (χ1n) is 9.21. The lowest BCUT2D eigenvalue weighted by Gasteiger charge is -2.18. The maximum atomic E-state index is 12.9. The van der Waals surface area contributed by atoms with E-state index < -0.39 is 39.5 Å². The number of alkyl halides is 3. The Morgan fingerprint density at radius 2 is 1.94 bits per heavy atom. The maximum absolute atomic E-state index is 12.9. The Morgan fingerprint density at radius 3 is 2.48 bits per heavy atom. The molecule has 31 heavy (non-hydrogen) atoms. The van der Waals surface area contributed by atoms with Crippen LogP contribution in [0.5, 0.6) is 5.88 Å². The third-order valence-electron chi connectivity index (χ3n) is 5.16. The zero-order valence-electron chi connectivity index (χ0n) is 16.2. The van der Waals surface area contributed by atoms with Gasteiger partial charge in [-0.25, -0.2) is 0 Å². The molecule has 0 bridgehead atoms. The number of aromatic nitrogens is 1. The van der Waals surface area contributed by atoms with E-state index in [2.05, 4.69) is 10.2 Å². The van der Waals surface area contributed by atoms with Crippen molar-refractivity contribution < 1.29 is 23.2 Å². The van der Waals surface area contributed by atoms with Crippen molar-refractivity contribution in [3.8, 4) is 11.9 Å². The molecule has 1 saturated carbocycles. The van der Waals surface area contributed by atoms with Gasteiger partial charge in [-0.05, 0) is 31.9 Å². The van der Waals surface area contributed by atoms with E-state index in [0.29, 0.717) is 25.0 Å². The fourth-order valence-corrected chi connectivity index (χ4v) is 3.56. The molecule has 1 aliphatic carbocycles. The molecule has 0 atom stereocenters. The molecular formula is C19H16F3N5O4. The maximum Gasteiger partial charge on any atom is 0.416 e. The monoisotopic (exact) mass is 435 g/mol. The number of hydrogen-bond acceptors (Lipinski definition) is 7. The van der Waals surface area contributed by atoms with Gasteiger partial charge in [0.05, 0.1) is 10.5 Å². The lowest BCUT2D eigenvalue weighted by molar-refractivity contribution is -0.384. The summed E-state index contributed by atoms with van der Waals surface area (Å²) in [6.45, 7) is 1.36. The van der Waals surface area contributed by atoms with Gasteiger partial charge in [0.1, 0.15) is 11.6 Å². The highest BCUT2D eigenvalue weighted by Crippen LogP contribution is 2.38. The molecule has 3 rings (SSSR count). The second kappa shape index (κ2) is 8.17. The van der Waals surface area contributed by atoms with Crippen LogP contribution in [0.3, 0.4) is 0 Å². The molecule has 1 aromatic carbocycles. The SMILES string of the molecule is Cc1c(C#N)c(O)n(C2CCCC2)c(=O)c1N=Nc1ccc(C(F)(F)F)cc1[N+](=O)[O-]. The van der Waals surface area contributed by atoms with E-state index in [1.807, 2.05) is 0 Å². The Labute approximate surface area is 173 Å². The standard InChI is InChI=1S/C19H16F3N5O4/c1-10-13(9-23)17(28)26(12-4-2-3-5-12)18(29)16(10)25-24-14-7-6-11(19(20,21)22)8-15(14)27(30)31/h6-8,12,28H,2-5H2,1H3. The average molecular weight is 435 g/mol. The first-order chi connectivity index (χ1) is 14.6. The van der Waals surface area contributed by atoms with Crippen molar-refractivity contribution in [1.82, 2.24) is 4.57 Å². The molecule has 1 aromatic heterocycles. The Balaban J connectivity index is 2.15. The molecule has 0 saturated heterocycles. The van der Waals surface area contributed by atoms with Crippen LogP contribution in [0.1, 0.15) is 48.4 Å². The lowest BCUT2D eigenvalue weighted by atomic mass is 10.1. The summed E-state index contributed by atoms with van der Waals surface area (Å²) in [4.78, 5) is 23.1. The van der Waals surface area contributed by atoms with Crippen LogP contribution in [0.25, 0.3) is 0 Å². The van der Waals surface area contributed by atoms with E-state index >= 15 is 0 Å². The van der Waals surface area contributed by atoms with Crippen LogP contribution in [-0.4, -0.2) is 14.6 Å². The highest BCUT2D eigenvalue weighted by Gasteiger charge is 2.33. The van der Waals surface area contributed by atoms with Crippen molar-refractivity contribution >= 4 is 17.1 Å². The first-order valence-corrected chi connectivity index (χ1v) is 9.21. The molecule has 1 N–H and O–H groups in total. The van der Waals surface area contributed by atoms with Crippen LogP contribution in [0, 0.1) is 28.4 Å². The predicted molar refractivity (Wildman–Crippen MR) is 102 cm³/mol. The van der Waals surface area contributed by atoms with E-state index in [-0.39, 0.29) is 22.9 Å². The molecule has 0 amide bonds. The number of nitrogens with zero attached hydrogens (tertiary/aromatic N) is 5. The number of hydrogen-bond donors (Lipinski definition) is 1. The van der Waals surface area contributed by atoms with Crippen LogP contribution in [0.2, 0.25) is 0 Å². The van der Waals surface area contributed by atoms with Crippen LogP contribution in [0.15, 0.2) is 33.2 Å². The van der Waals surface area contributed by atoms with Crippen LogP contribution in [-0.2, 0) is 6.18 Å². The molecule has 0 aliphatic heterocycles. The fraction of sp³-hybridized carbons (Fsp3) is 0.368. The zero-order valence-corrected chi connectivity index (χ0v) is 16.2. The molecule has 1 aliphatic rings. The topological polar surface area (TPSA) is 134 Å². The van der Waals surface area contributed by atoms with Gasteiger partial charge in [-0.15, -0.1) is 10.2 Å². The van der Waals surface area contributed by atoms with Gasteiger partial charge in [-0.1, -0.05) is 12.8 Å². The van der Waals surface area contributed by atoms with Gasteiger partial charge in [-0.2, -0.15) is 18.4 Å². The molecule has 9 nitrogen and oxygen atoms in total. The smallest absolute Gasteiger partial charge is 0.416 e. The molecule has 12 heteroatoms. The lowest BCUT2D eigenvalue weighted by Crippen LogP contribution is -2.24. The Hall–Kier alpha value is -3.75. The van der Waals surface area contributed by atoms with Crippen molar-refractivity contribution in [1.29, 1.82) is 5.26 Å². The number of aromatic hydroxyl groups is 1. The van der Waals surface area contributed by atoms with E-state index in [1.54, 1.807) is 6.07 Å². The Bertz CT molecular complexity index is 1180. The van der Waals surface area contributed by atoms with Gasteiger partial charge in [-0.3, -0.25) is 19.5 Å². The summed E-state index contributed by atoms with van der Waals surface area (Å²) in [7, 11) is 0. The third kappa shape index (κ3) is 4.11. The van der Waals surface area contributed by atoms with Crippen LogP contribution in [0.4, 0.5) is 30.2 Å². The largest absolute Gasteiger partial charge is 0.493 e. The predicted octanol–water partition coefficient (Wildman–Crippen LogP) is 5.19. The number of nitro groups is 1. The highest BCUT2D eigenvalue weighted by molar-refractivity contribution is 5.60. The van der Waals surface area contributed by atoms with Crippen molar-refractivity contribution in [2.24, 2.45) is 10.2 Å². The Morgan fingerprint density at radius 1 is 1.29 bits per heavy atom. The fourth-order valence-electron chi connectivity index (χ4n) is 3.56. The van der Waals surface area contributed by atoms with Crippen molar-refractivity contribution in [2.45, 2.75) is 44.8 Å². The van der Waals surface area contributed by atoms with Gasteiger partial charge in [0, 0.05) is 17.7 Å². The summed E-state index contributed by atoms with van der Waals surface area (Å²) >= 11 is 0. The van der Waals surface area contributed by atoms with Crippen LogP contribution >= 0.6 is 0 Å². The van der Waals surface area contributed by atoms with Gasteiger partial charge in [0.25, 0.3) is 11.2 Å². The van der Waals surface area contributed by atoms with Crippen molar-refractivity contribution in [2.75, 3.05) is 0 Å². The summed E-state index contributed by atoms with van der Waals surface area (Å²) in [5, 5.41) is 38.4.